The zero-order valence-corrected chi connectivity index (χ0v) is 16.9. The molecule has 0 amide bonds. The lowest BCUT2D eigenvalue weighted by Crippen LogP contribution is -2.53. The van der Waals surface area contributed by atoms with Crippen LogP contribution in [0.15, 0.2) is 59.6 Å². The summed E-state index contributed by atoms with van der Waals surface area (Å²) in [5, 5.41) is 7.04. The first-order valence-electron chi connectivity index (χ1n) is 10.2. The Kier molecular flexibility index (Phi) is 7.06. The maximum absolute atomic E-state index is 6.20. The van der Waals surface area contributed by atoms with Crippen molar-refractivity contribution in [2.24, 2.45) is 10.7 Å². The Morgan fingerprint density at radius 1 is 1.14 bits per heavy atom. The Morgan fingerprint density at radius 3 is 2.61 bits per heavy atom. The van der Waals surface area contributed by atoms with E-state index in [1.165, 1.54) is 11.1 Å². The average molecular weight is 381 g/mol. The number of anilines is 1. The molecule has 5 heteroatoms. The fourth-order valence-electron chi connectivity index (χ4n) is 3.69. The summed E-state index contributed by atoms with van der Waals surface area (Å²) < 4.78 is 5.60. The fraction of sp³-hybridized carbons (Fsp3) is 0.435. The first kappa shape index (κ1) is 20.4. The largest absolute Gasteiger partial charge is 0.381 e. The van der Waals surface area contributed by atoms with Crippen LogP contribution in [0.2, 0.25) is 0 Å². The van der Waals surface area contributed by atoms with Crippen LogP contribution < -0.4 is 16.4 Å². The normalized spacial score (nSPS) is 17.9. The third-order valence-corrected chi connectivity index (χ3v) is 5.43. The van der Waals surface area contributed by atoms with E-state index in [4.69, 9.17) is 10.5 Å². The second-order valence-corrected chi connectivity index (χ2v) is 7.55. The standard InChI is InChI=1S/C23H32N4O/c1-3-19-8-7-11-21(16-19)26-22(24)25-17-23(12-14-28-15-13-23)27-18(2)20-9-5-4-6-10-20/h4-11,16,18,27H,3,12-15,17H2,1-2H3,(H3,24,25,26). The predicted octanol–water partition coefficient (Wildman–Crippen LogP) is 3.88. The van der Waals surface area contributed by atoms with Crippen molar-refractivity contribution in [3.8, 4) is 0 Å². The van der Waals surface area contributed by atoms with Crippen LogP contribution >= 0.6 is 0 Å². The van der Waals surface area contributed by atoms with E-state index in [0.717, 1.165) is 38.2 Å². The second-order valence-electron chi connectivity index (χ2n) is 7.55. The average Bonchev–Trinajstić information content (AvgIpc) is 2.74. The van der Waals surface area contributed by atoms with Gasteiger partial charge in [0.2, 0.25) is 0 Å². The zero-order valence-electron chi connectivity index (χ0n) is 16.9. The minimum atomic E-state index is -0.106. The lowest BCUT2D eigenvalue weighted by atomic mass is 9.88. The number of aryl methyl sites for hydroxylation is 1. The summed E-state index contributed by atoms with van der Waals surface area (Å²) in [7, 11) is 0. The highest BCUT2D eigenvalue weighted by Crippen LogP contribution is 2.26. The number of guanidine groups is 1. The molecule has 1 aliphatic heterocycles. The van der Waals surface area contributed by atoms with Gasteiger partial charge in [-0.05, 0) is 49.4 Å². The number of aliphatic imine (C=N–C) groups is 1. The summed E-state index contributed by atoms with van der Waals surface area (Å²) >= 11 is 0. The Balaban J connectivity index is 1.68. The van der Waals surface area contributed by atoms with E-state index in [1.54, 1.807) is 0 Å². The highest BCUT2D eigenvalue weighted by Gasteiger charge is 2.33. The third kappa shape index (κ3) is 5.57. The van der Waals surface area contributed by atoms with Gasteiger partial charge in [0, 0.05) is 30.5 Å². The molecule has 4 N–H and O–H groups in total. The summed E-state index contributed by atoms with van der Waals surface area (Å²) in [4.78, 5) is 4.68. The SMILES string of the molecule is CCc1cccc(NC(N)=NCC2(NC(C)c3ccccc3)CCOCC2)c1. The molecule has 0 aromatic heterocycles. The molecule has 1 unspecified atom stereocenters. The minimum absolute atomic E-state index is 0.106. The first-order chi connectivity index (χ1) is 13.6. The highest BCUT2D eigenvalue weighted by molar-refractivity contribution is 5.92. The molecule has 1 atom stereocenters. The van der Waals surface area contributed by atoms with Gasteiger partial charge in [-0.1, -0.05) is 49.4 Å². The molecule has 2 aromatic rings. The molecule has 0 aliphatic carbocycles. The van der Waals surface area contributed by atoms with Crippen LogP contribution in [0.4, 0.5) is 5.69 Å². The van der Waals surface area contributed by atoms with E-state index >= 15 is 0 Å². The Labute approximate surface area is 168 Å². The number of ether oxygens (including phenoxy) is 1. The molecular weight excluding hydrogens is 348 g/mol. The Hall–Kier alpha value is -2.37. The lowest BCUT2D eigenvalue weighted by Gasteiger charge is -2.39. The number of nitrogens with zero attached hydrogens (tertiary/aromatic N) is 1. The summed E-state index contributed by atoms with van der Waals surface area (Å²) in [6, 6.07) is 19.0. The van der Waals surface area contributed by atoms with Crippen molar-refractivity contribution in [3.63, 3.8) is 0 Å². The van der Waals surface area contributed by atoms with Crippen LogP contribution in [0.25, 0.3) is 0 Å². The fourth-order valence-corrected chi connectivity index (χ4v) is 3.69. The third-order valence-electron chi connectivity index (χ3n) is 5.43. The van der Waals surface area contributed by atoms with Crippen molar-refractivity contribution >= 4 is 11.6 Å². The van der Waals surface area contributed by atoms with Gasteiger partial charge in [0.25, 0.3) is 0 Å². The molecule has 0 radical (unpaired) electrons. The van der Waals surface area contributed by atoms with Crippen LogP contribution in [0.5, 0.6) is 0 Å². The molecule has 150 valence electrons. The van der Waals surface area contributed by atoms with Gasteiger partial charge in [-0.25, -0.2) is 0 Å². The van der Waals surface area contributed by atoms with Crippen LogP contribution in [0, 0.1) is 0 Å². The van der Waals surface area contributed by atoms with E-state index in [2.05, 4.69) is 65.9 Å². The molecule has 0 saturated carbocycles. The zero-order chi connectivity index (χ0) is 19.8. The monoisotopic (exact) mass is 380 g/mol. The van der Waals surface area contributed by atoms with Gasteiger partial charge in [0.05, 0.1) is 6.54 Å². The van der Waals surface area contributed by atoms with E-state index < -0.39 is 0 Å². The summed E-state index contributed by atoms with van der Waals surface area (Å²) in [6.45, 7) is 6.46. The van der Waals surface area contributed by atoms with E-state index in [-0.39, 0.29) is 11.6 Å². The number of hydrogen-bond donors (Lipinski definition) is 3. The molecule has 3 rings (SSSR count). The molecule has 0 spiro atoms. The Bertz CT molecular complexity index is 769. The van der Waals surface area contributed by atoms with E-state index in [9.17, 15) is 0 Å². The highest BCUT2D eigenvalue weighted by atomic mass is 16.5. The van der Waals surface area contributed by atoms with Gasteiger partial charge in [0.15, 0.2) is 5.96 Å². The van der Waals surface area contributed by atoms with Crippen molar-refractivity contribution in [1.29, 1.82) is 0 Å². The molecule has 28 heavy (non-hydrogen) atoms. The maximum Gasteiger partial charge on any atom is 0.193 e. The summed E-state index contributed by atoms with van der Waals surface area (Å²) in [6.07, 6.45) is 2.84. The first-order valence-corrected chi connectivity index (χ1v) is 10.2. The van der Waals surface area contributed by atoms with Crippen molar-refractivity contribution in [2.75, 3.05) is 25.1 Å². The molecule has 0 bridgehead atoms. The van der Waals surface area contributed by atoms with Gasteiger partial charge in [-0.3, -0.25) is 4.99 Å². The molecule has 5 nitrogen and oxygen atoms in total. The van der Waals surface area contributed by atoms with Crippen LogP contribution in [0.1, 0.15) is 43.9 Å². The minimum Gasteiger partial charge on any atom is -0.381 e. The lowest BCUT2D eigenvalue weighted by molar-refractivity contribution is 0.0375. The molecule has 1 heterocycles. The van der Waals surface area contributed by atoms with E-state index in [0.29, 0.717) is 12.5 Å². The topological polar surface area (TPSA) is 71.7 Å². The van der Waals surface area contributed by atoms with Gasteiger partial charge < -0.3 is 21.1 Å². The summed E-state index contributed by atoms with van der Waals surface area (Å²) in [5.41, 5.74) is 9.62. The maximum atomic E-state index is 6.20. The van der Waals surface area contributed by atoms with Crippen LogP contribution in [-0.2, 0) is 11.2 Å². The Morgan fingerprint density at radius 2 is 1.89 bits per heavy atom. The van der Waals surface area contributed by atoms with Gasteiger partial charge in [-0.15, -0.1) is 0 Å². The second kappa shape index (κ2) is 9.71. The number of rotatable bonds is 7. The molecule has 1 aliphatic rings. The number of benzene rings is 2. The van der Waals surface area contributed by atoms with Gasteiger partial charge in [-0.2, -0.15) is 0 Å². The van der Waals surface area contributed by atoms with Crippen molar-refractivity contribution in [3.05, 3.63) is 65.7 Å². The molecular formula is C23H32N4O. The van der Waals surface area contributed by atoms with E-state index in [1.807, 2.05) is 18.2 Å². The van der Waals surface area contributed by atoms with Crippen LogP contribution in [0.3, 0.4) is 0 Å². The van der Waals surface area contributed by atoms with Gasteiger partial charge >= 0.3 is 0 Å². The molecule has 2 aromatic carbocycles. The number of nitrogens with one attached hydrogen (secondary N) is 2. The van der Waals surface area contributed by atoms with Crippen molar-refractivity contribution < 1.29 is 4.74 Å². The van der Waals surface area contributed by atoms with Gasteiger partial charge in [0.1, 0.15) is 0 Å². The van der Waals surface area contributed by atoms with Crippen LogP contribution in [-0.4, -0.2) is 31.3 Å². The quantitative estimate of drug-likeness (QED) is 0.504. The molecule has 1 fully saturated rings. The molecule has 1 saturated heterocycles. The predicted molar refractivity (Wildman–Crippen MR) is 117 cm³/mol. The summed E-state index contributed by atoms with van der Waals surface area (Å²) in [5.74, 6) is 0.452. The van der Waals surface area contributed by atoms with Crippen molar-refractivity contribution in [1.82, 2.24) is 5.32 Å². The number of nitrogens with two attached hydrogens (primary N) is 1. The number of hydrogen-bond acceptors (Lipinski definition) is 3. The smallest absolute Gasteiger partial charge is 0.193 e. The van der Waals surface area contributed by atoms with Crippen molar-refractivity contribution in [2.45, 2.75) is 44.7 Å².